The molecule has 1 aliphatic carbocycles. The fraction of sp³-hybridized carbons (Fsp3) is 0.625. The first-order chi connectivity index (χ1) is 9.76. The van der Waals surface area contributed by atoms with Crippen molar-refractivity contribution in [1.82, 2.24) is 0 Å². The molecule has 4 heteroatoms. The summed E-state index contributed by atoms with van der Waals surface area (Å²) in [5, 5.41) is 0. The van der Waals surface area contributed by atoms with Crippen LogP contribution in [-0.2, 0) is 15.9 Å². The molecule has 1 saturated heterocycles. The van der Waals surface area contributed by atoms with E-state index in [1.165, 1.54) is 35.0 Å². The summed E-state index contributed by atoms with van der Waals surface area (Å²) in [6.07, 6.45) is 5.61. The molecule has 1 spiro atoms. The average molecular weight is 338 g/mol. The summed E-state index contributed by atoms with van der Waals surface area (Å²) in [6, 6.07) is 7.34. The van der Waals surface area contributed by atoms with Crippen LogP contribution in [0.3, 0.4) is 0 Å². The Kier molecular flexibility index (Phi) is 3.28. The van der Waals surface area contributed by atoms with E-state index in [0.717, 1.165) is 32.6 Å². The molecule has 0 amide bonds. The van der Waals surface area contributed by atoms with Crippen LogP contribution in [-0.4, -0.2) is 31.6 Å². The molecular weight excluding hydrogens is 318 g/mol. The van der Waals surface area contributed by atoms with E-state index in [2.05, 4.69) is 39.0 Å². The van der Waals surface area contributed by atoms with E-state index in [4.69, 9.17) is 9.47 Å². The Labute approximate surface area is 128 Å². The number of nitrogens with zero attached hydrogens (tertiary/aromatic N) is 1. The summed E-state index contributed by atoms with van der Waals surface area (Å²) in [5.74, 6) is -0.237. The Morgan fingerprint density at radius 3 is 2.65 bits per heavy atom. The van der Waals surface area contributed by atoms with Gasteiger partial charge in [-0.05, 0) is 43.0 Å². The molecule has 0 unspecified atom stereocenters. The molecule has 1 saturated carbocycles. The summed E-state index contributed by atoms with van der Waals surface area (Å²) in [5.41, 5.74) is 2.91. The van der Waals surface area contributed by atoms with Crippen molar-refractivity contribution in [2.75, 3.05) is 24.7 Å². The molecule has 0 radical (unpaired) electrons. The minimum atomic E-state index is -0.237. The maximum atomic E-state index is 5.83. The van der Waals surface area contributed by atoms with Gasteiger partial charge in [0.25, 0.3) is 0 Å². The second-order valence-electron chi connectivity index (χ2n) is 6.06. The second kappa shape index (κ2) is 5.00. The zero-order valence-corrected chi connectivity index (χ0v) is 13.2. The highest BCUT2D eigenvalue weighted by Gasteiger charge is 2.42. The first kappa shape index (κ1) is 13.1. The van der Waals surface area contributed by atoms with E-state index < -0.39 is 0 Å². The van der Waals surface area contributed by atoms with Crippen LogP contribution in [0, 0.1) is 0 Å². The van der Waals surface area contributed by atoms with Crippen molar-refractivity contribution in [1.29, 1.82) is 0 Å². The van der Waals surface area contributed by atoms with E-state index >= 15 is 0 Å². The third-order valence-electron chi connectivity index (χ3n) is 4.94. The summed E-state index contributed by atoms with van der Waals surface area (Å²) in [7, 11) is 0. The first-order valence-electron chi connectivity index (χ1n) is 7.59. The molecule has 0 bridgehead atoms. The highest BCUT2D eigenvalue weighted by Crippen LogP contribution is 2.41. The fourth-order valence-electron chi connectivity index (χ4n) is 3.91. The third-order valence-corrected chi connectivity index (χ3v) is 5.44. The number of hydrogen-bond donors (Lipinski definition) is 0. The zero-order valence-electron chi connectivity index (χ0n) is 11.6. The van der Waals surface area contributed by atoms with Gasteiger partial charge < -0.3 is 14.4 Å². The van der Waals surface area contributed by atoms with Gasteiger partial charge in [0.15, 0.2) is 5.79 Å². The fourth-order valence-corrected chi connectivity index (χ4v) is 4.32. The van der Waals surface area contributed by atoms with Crippen LogP contribution < -0.4 is 4.90 Å². The summed E-state index contributed by atoms with van der Waals surface area (Å²) in [4.78, 5) is 2.60. The predicted molar refractivity (Wildman–Crippen MR) is 82.1 cm³/mol. The molecule has 2 heterocycles. The van der Waals surface area contributed by atoms with Crippen molar-refractivity contribution in [3.05, 3.63) is 28.2 Å². The summed E-state index contributed by atoms with van der Waals surface area (Å²) >= 11 is 3.57. The molecule has 1 aromatic carbocycles. The molecule has 108 valence electrons. The predicted octanol–water partition coefficient (Wildman–Crippen LogP) is 3.50. The SMILES string of the molecule is Brc1ccc2c(c1)CCN2C1CCC2(CC1)OCCO2. The lowest BCUT2D eigenvalue weighted by Crippen LogP contribution is -2.43. The molecule has 0 aromatic heterocycles. The lowest BCUT2D eigenvalue weighted by Gasteiger charge is -2.40. The third kappa shape index (κ3) is 2.18. The number of rotatable bonds is 1. The highest BCUT2D eigenvalue weighted by molar-refractivity contribution is 9.10. The van der Waals surface area contributed by atoms with Gasteiger partial charge in [0.05, 0.1) is 13.2 Å². The van der Waals surface area contributed by atoms with Crippen molar-refractivity contribution >= 4 is 21.6 Å². The van der Waals surface area contributed by atoms with Crippen molar-refractivity contribution < 1.29 is 9.47 Å². The zero-order chi connectivity index (χ0) is 13.6. The van der Waals surface area contributed by atoms with Crippen molar-refractivity contribution in [2.45, 2.75) is 43.9 Å². The highest BCUT2D eigenvalue weighted by atomic mass is 79.9. The lowest BCUT2D eigenvalue weighted by atomic mass is 9.89. The number of halogens is 1. The van der Waals surface area contributed by atoms with Crippen LogP contribution in [0.4, 0.5) is 5.69 Å². The van der Waals surface area contributed by atoms with Gasteiger partial charge in [-0.2, -0.15) is 0 Å². The van der Waals surface area contributed by atoms with Gasteiger partial charge >= 0.3 is 0 Å². The smallest absolute Gasteiger partial charge is 0.168 e. The van der Waals surface area contributed by atoms with Gasteiger partial charge in [-0.25, -0.2) is 0 Å². The van der Waals surface area contributed by atoms with Gasteiger partial charge in [-0.3, -0.25) is 0 Å². The minimum absolute atomic E-state index is 0.237. The van der Waals surface area contributed by atoms with Crippen LogP contribution in [0.5, 0.6) is 0 Å². The number of hydrogen-bond acceptors (Lipinski definition) is 3. The van der Waals surface area contributed by atoms with Crippen LogP contribution in [0.25, 0.3) is 0 Å². The first-order valence-corrected chi connectivity index (χ1v) is 8.38. The van der Waals surface area contributed by atoms with Crippen molar-refractivity contribution in [3.63, 3.8) is 0 Å². The Morgan fingerprint density at radius 1 is 1.15 bits per heavy atom. The molecule has 2 aliphatic heterocycles. The molecule has 0 N–H and O–H groups in total. The second-order valence-corrected chi connectivity index (χ2v) is 6.97. The standard InChI is InChI=1S/C16H20BrNO2/c17-13-1-2-15-12(11-13)5-8-18(15)14-3-6-16(7-4-14)19-9-10-20-16/h1-2,11,14H,3-10H2. The minimum Gasteiger partial charge on any atom is -0.368 e. The van der Waals surface area contributed by atoms with E-state index in [9.17, 15) is 0 Å². The van der Waals surface area contributed by atoms with E-state index in [1.807, 2.05) is 0 Å². The normalized spacial score (nSPS) is 25.4. The maximum Gasteiger partial charge on any atom is 0.168 e. The Balaban J connectivity index is 1.48. The molecular formula is C16H20BrNO2. The van der Waals surface area contributed by atoms with E-state index in [1.54, 1.807) is 0 Å². The van der Waals surface area contributed by atoms with E-state index in [-0.39, 0.29) is 5.79 Å². The van der Waals surface area contributed by atoms with Crippen molar-refractivity contribution in [2.24, 2.45) is 0 Å². The molecule has 2 fully saturated rings. The molecule has 3 aliphatic rings. The number of ether oxygens (including phenoxy) is 2. The molecule has 20 heavy (non-hydrogen) atoms. The van der Waals surface area contributed by atoms with Crippen LogP contribution in [0.2, 0.25) is 0 Å². The topological polar surface area (TPSA) is 21.7 Å². The summed E-state index contributed by atoms with van der Waals surface area (Å²) < 4.78 is 12.8. The molecule has 0 atom stereocenters. The molecule has 3 nitrogen and oxygen atoms in total. The average Bonchev–Trinajstić information content (AvgIpc) is 3.07. The van der Waals surface area contributed by atoms with Gasteiger partial charge in [0.2, 0.25) is 0 Å². The Bertz CT molecular complexity index is 503. The van der Waals surface area contributed by atoms with Gasteiger partial charge in [-0.15, -0.1) is 0 Å². The molecule has 4 rings (SSSR count). The Hall–Kier alpha value is -0.580. The van der Waals surface area contributed by atoms with Gasteiger partial charge in [0, 0.05) is 35.6 Å². The largest absolute Gasteiger partial charge is 0.368 e. The number of anilines is 1. The van der Waals surface area contributed by atoms with Crippen molar-refractivity contribution in [3.8, 4) is 0 Å². The van der Waals surface area contributed by atoms with Gasteiger partial charge in [-0.1, -0.05) is 15.9 Å². The number of fused-ring (bicyclic) bond motifs is 1. The Morgan fingerprint density at radius 2 is 1.90 bits per heavy atom. The lowest BCUT2D eigenvalue weighted by molar-refractivity contribution is -0.178. The van der Waals surface area contributed by atoms with Crippen LogP contribution in [0.15, 0.2) is 22.7 Å². The summed E-state index contributed by atoms with van der Waals surface area (Å²) in [6.45, 7) is 2.70. The van der Waals surface area contributed by atoms with Gasteiger partial charge in [0.1, 0.15) is 0 Å². The quantitative estimate of drug-likeness (QED) is 0.782. The van der Waals surface area contributed by atoms with E-state index in [0.29, 0.717) is 6.04 Å². The molecule has 1 aromatic rings. The monoisotopic (exact) mass is 337 g/mol. The maximum absolute atomic E-state index is 5.83. The van der Waals surface area contributed by atoms with Crippen LogP contribution >= 0.6 is 15.9 Å². The van der Waals surface area contributed by atoms with Crippen LogP contribution in [0.1, 0.15) is 31.2 Å². The number of benzene rings is 1.